The lowest BCUT2D eigenvalue weighted by atomic mass is 10.0. The molecule has 43 heavy (non-hydrogen) atoms. The average Bonchev–Trinajstić information content (AvgIpc) is 3.53. The summed E-state index contributed by atoms with van der Waals surface area (Å²) >= 11 is 0. The molecule has 2 heterocycles. The number of hydrogen-bond donors (Lipinski definition) is 2. The van der Waals surface area contributed by atoms with Gasteiger partial charge < -0.3 is 20.1 Å². The van der Waals surface area contributed by atoms with Crippen LogP contribution in [-0.2, 0) is 20.8 Å². The number of amides is 1. The summed E-state index contributed by atoms with van der Waals surface area (Å²) in [7, 11) is 1.75. The first kappa shape index (κ1) is 30.3. The summed E-state index contributed by atoms with van der Waals surface area (Å²) in [6, 6.07) is 11.4. The number of rotatable bonds is 12. The summed E-state index contributed by atoms with van der Waals surface area (Å²) in [5.74, 6) is -1.05. The number of nitrogens with zero attached hydrogens (tertiary/aromatic N) is 3. The Morgan fingerprint density at radius 3 is 2.37 bits per heavy atom. The molecule has 5 rings (SSSR count). The number of carbonyl (C=O) groups is 1. The summed E-state index contributed by atoms with van der Waals surface area (Å²) < 4.78 is 67.2. The fourth-order valence-corrected chi connectivity index (χ4v) is 5.15. The van der Waals surface area contributed by atoms with Gasteiger partial charge in [-0.3, -0.25) is 9.69 Å². The minimum Gasteiger partial charge on any atom is -0.455 e. The Bertz CT molecular complexity index is 1480. The summed E-state index contributed by atoms with van der Waals surface area (Å²) in [6.07, 6.45) is -0.352. The van der Waals surface area contributed by atoms with E-state index in [-0.39, 0.29) is 28.5 Å². The van der Waals surface area contributed by atoms with Gasteiger partial charge in [0, 0.05) is 12.1 Å². The van der Waals surface area contributed by atoms with E-state index in [0.29, 0.717) is 19.4 Å². The summed E-state index contributed by atoms with van der Waals surface area (Å²) in [5, 5.41) is 5.99. The summed E-state index contributed by atoms with van der Waals surface area (Å²) in [6.45, 7) is 2.88. The van der Waals surface area contributed by atoms with Crippen molar-refractivity contribution < 1.29 is 31.8 Å². The standard InChI is InChI=1S/C31H33F4N5O3/c1-18(21-10-7-11-22(24(21)33)27(34)35)36-28-23(30-42-14-15-43-30)25(37-19(2)38-28)26(29(41)39-31(17-32)12-13-31)40(3)16-20-8-5-4-6-9-20/h4-11,14-15,18,26-27,30H,12-13,16-17H2,1-3H3,(H,39,41)(H,36,37,38)/t18-,26?/m1/s1. The maximum absolute atomic E-state index is 15.1. The van der Waals surface area contributed by atoms with Crippen molar-refractivity contribution >= 4 is 11.7 Å². The maximum Gasteiger partial charge on any atom is 0.271 e. The van der Waals surface area contributed by atoms with Gasteiger partial charge in [0.15, 0.2) is 0 Å². The van der Waals surface area contributed by atoms with E-state index >= 15 is 4.39 Å². The molecule has 2 atom stereocenters. The minimum atomic E-state index is -2.99. The molecular weight excluding hydrogens is 566 g/mol. The molecule has 1 aliphatic carbocycles. The van der Waals surface area contributed by atoms with Crippen LogP contribution in [0.25, 0.3) is 0 Å². The van der Waals surface area contributed by atoms with Crippen molar-refractivity contribution in [3.8, 4) is 0 Å². The molecule has 2 N–H and O–H groups in total. The van der Waals surface area contributed by atoms with Crippen LogP contribution in [0, 0.1) is 12.7 Å². The van der Waals surface area contributed by atoms with Crippen molar-refractivity contribution in [2.24, 2.45) is 0 Å². The Morgan fingerprint density at radius 1 is 1.07 bits per heavy atom. The number of anilines is 1. The van der Waals surface area contributed by atoms with Gasteiger partial charge in [0.1, 0.15) is 42.7 Å². The van der Waals surface area contributed by atoms with E-state index in [2.05, 4.69) is 20.6 Å². The molecule has 2 aliphatic rings. The zero-order valence-electron chi connectivity index (χ0n) is 24.0. The first-order valence-corrected chi connectivity index (χ1v) is 13.9. The molecule has 0 bridgehead atoms. The molecule has 1 aromatic heterocycles. The Labute approximate surface area is 247 Å². The zero-order valence-corrected chi connectivity index (χ0v) is 24.0. The van der Waals surface area contributed by atoms with Gasteiger partial charge in [0.05, 0.1) is 28.4 Å². The van der Waals surface area contributed by atoms with E-state index < -0.39 is 54.3 Å². The molecule has 0 saturated heterocycles. The lowest BCUT2D eigenvalue weighted by Crippen LogP contribution is -2.46. The SMILES string of the molecule is Cc1nc(N[C@H](C)c2cccc(C(F)F)c2F)c(C2OC=CO2)c(C(C(=O)NC2(CF)CC2)N(C)Cc2ccccc2)n1. The highest BCUT2D eigenvalue weighted by atomic mass is 19.3. The van der Waals surface area contributed by atoms with Crippen LogP contribution >= 0.6 is 0 Å². The number of benzene rings is 2. The summed E-state index contributed by atoms with van der Waals surface area (Å²) in [5.41, 5.74) is -0.198. The Morgan fingerprint density at radius 2 is 1.74 bits per heavy atom. The van der Waals surface area contributed by atoms with E-state index in [1.54, 1.807) is 25.8 Å². The van der Waals surface area contributed by atoms with Crippen molar-refractivity contribution in [3.05, 3.63) is 101 Å². The minimum absolute atomic E-state index is 0.00191. The molecule has 0 spiro atoms. The molecule has 8 nitrogen and oxygen atoms in total. The van der Waals surface area contributed by atoms with Crippen LogP contribution in [0.1, 0.15) is 78.3 Å². The van der Waals surface area contributed by atoms with Crippen molar-refractivity contribution in [2.75, 3.05) is 19.0 Å². The van der Waals surface area contributed by atoms with Gasteiger partial charge in [-0.2, -0.15) is 0 Å². The number of hydrogen-bond acceptors (Lipinski definition) is 7. The van der Waals surface area contributed by atoms with Gasteiger partial charge in [0.2, 0.25) is 5.91 Å². The molecular formula is C31H33F4N5O3. The van der Waals surface area contributed by atoms with E-state index in [1.165, 1.54) is 24.7 Å². The normalized spacial score (nSPS) is 17.0. The average molecular weight is 600 g/mol. The van der Waals surface area contributed by atoms with Gasteiger partial charge in [-0.05, 0) is 39.3 Å². The van der Waals surface area contributed by atoms with E-state index in [1.807, 2.05) is 30.3 Å². The molecule has 1 aliphatic heterocycles. The molecule has 228 valence electrons. The smallest absolute Gasteiger partial charge is 0.271 e. The molecule has 1 fully saturated rings. The third kappa shape index (κ3) is 6.58. The Kier molecular flexibility index (Phi) is 8.86. The topological polar surface area (TPSA) is 88.6 Å². The number of likely N-dealkylation sites (N-methyl/N-ethyl adjacent to an activating group) is 1. The van der Waals surface area contributed by atoms with Gasteiger partial charge in [-0.1, -0.05) is 48.5 Å². The van der Waals surface area contributed by atoms with E-state index in [9.17, 15) is 18.0 Å². The second kappa shape index (κ2) is 12.6. The van der Waals surface area contributed by atoms with Crippen LogP contribution < -0.4 is 10.6 Å². The number of aromatic nitrogens is 2. The Hall–Kier alpha value is -4.19. The van der Waals surface area contributed by atoms with Gasteiger partial charge in [-0.25, -0.2) is 27.5 Å². The maximum atomic E-state index is 15.1. The van der Waals surface area contributed by atoms with Crippen LogP contribution in [0.3, 0.4) is 0 Å². The predicted molar refractivity (Wildman–Crippen MR) is 151 cm³/mol. The molecule has 1 unspecified atom stereocenters. The quantitative estimate of drug-likeness (QED) is 0.235. The second-order valence-corrected chi connectivity index (χ2v) is 10.9. The number of nitrogens with one attached hydrogen (secondary N) is 2. The largest absolute Gasteiger partial charge is 0.455 e. The van der Waals surface area contributed by atoms with Crippen LogP contribution in [0.2, 0.25) is 0 Å². The van der Waals surface area contributed by atoms with Crippen LogP contribution in [0.5, 0.6) is 0 Å². The Balaban J connectivity index is 1.58. The van der Waals surface area contributed by atoms with Gasteiger partial charge in [-0.15, -0.1) is 0 Å². The van der Waals surface area contributed by atoms with Crippen molar-refractivity contribution in [1.29, 1.82) is 0 Å². The summed E-state index contributed by atoms with van der Waals surface area (Å²) in [4.78, 5) is 24.9. The highest BCUT2D eigenvalue weighted by Crippen LogP contribution is 2.40. The number of alkyl halides is 3. The molecule has 2 aromatic carbocycles. The first-order chi connectivity index (χ1) is 20.6. The van der Waals surface area contributed by atoms with Crippen molar-refractivity contribution in [3.63, 3.8) is 0 Å². The highest BCUT2D eigenvalue weighted by molar-refractivity contribution is 5.84. The van der Waals surface area contributed by atoms with Crippen molar-refractivity contribution in [2.45, 2.75) is 63.6 Å². The third-order valence-electron chi connectivity index (χ3n) is 7.62. The second-order valence-electron chi connectivity index (χ2n) is 10.9. The monoisotopic (exact) mass is 599 g/mol. The number of aryl methyl sites for hydroxylation is 1. The van der Waals surface area contributed by atoms with Gasteiger partial charge >= 0.3 is 0 Å². The fraction of sp³-hybridized carbons (Fsp3) is 0.387. The number of ether oxygens (including phenoxy) is 2. The number of halogens is 4. The molecule has 0 radical (unpaired) electrons. The predicted octanol–water partition coefficient (Wildman–Crippen LogP) is 6.34. The number of carbonyl (C=O) groups excluding carboxylic acids is 1. The van der Waals surface area contributed by atoms with E-state index in [4.69, 9.17) is 9.47 Å². The van der Waals surface area contributed by atoms with Crippen LogP contribution in [-0.4, -0.2) is 40.0 Å². The molecule has 3 aromatic rings. The van der Waals surface area contributed by atoms with Crippen LogP contribution in [0.4, 0.5) is 23.4 Å². The first-order valence-electron chi connectivity index (χ1n) is 13.9. The van der Waals surface area contributed by atoms with E-state index in [0.717, 1.165) is 11.6 Å². The highest BCUT2D eigenvalue weighted by Gasteiger charge is 2.47. The lowest BCUT2D eigenvalue weighted by molar-refractivity contribution is -0.127. The zero-order chi connectivity index (χ0) is 30.7. The van der Waals surface area contributed by atoms with Gasteiger partial charge in [0.25, 0.3) is 12.7 Å². The van der Waals surface area contributed by atoms with Crippen LogP contribution in [0.15, 0.2) is 61.1 Å². The fourth-order valence-electron chi connectivity index (χ4n) is 5.15. The third-order valence-corrected chi connectivity index (χ3v) is 7.62. The molecule has 1 saturated carbocycles. The molecule has 1 amide bonds. The molecule has 12 heteroatoms. The lowest BCUT2D eigenvalue weighted by Gasteiger charge is -2.31. The van der Waals surface area contributed by atoms with Crippen molar-refractivity contribution in [1.82, 2.24) is 20.2 Å².